The van der Waals surface area contributed by atoms with Crippen LogP contribution >= 0.6 is 0 Å². The maximum absolute atomic E-state index is 6.08. The van der Waals surface area contributed by atoms with Crippen LogP contribution in [0.25, 0.3) is 5.57 Å². The Bertz CT molecular complexity index is 484. The molecule has 2 heteroatoms. The number of benzene rings is 1. The van der Waals surface area contributed by atoms with Gasteiger partial charge in [-0.2, -0.15) is 0 Å². The number of hydrogen-bond donors (Lipinski definition) is 2. The van der Waals surface area contributed by atoms with E-state index in [1.54, 1.807) is 0 Å². The minimum Gasteiger partial charge on any atom is -0.310 e. The fourth-order valence-corrected chi connectivity index (χ4v) is 2.41. The lowest BCUT2D eigenvalue weighted by Crippen LogP contribution is -2.54. The minimum absolute atomic E-state index is 0. The van der Waals surface area contributed by atoms with Crippen molar-refractivity contribution in [2.45, 2.75) is 39.8 Å². The number of allylic oxidation sites excluding steroid dienone is 2. The van der Waals surface area contributed by atoms with Gasteiger partial charge >= 0.3 is 0 Å². The fourth-order valence-electron chi connectivity index (χ4n) is 2.41. The van der Waals surface area contributed by atoms with Crippen molar-refractivity contribution in [3.63, 3.8) is 0 Å². The normalized spacial score (nSPS) is 20.6. The predicted molar refractivity (Wildman–Crippen MR) is 84.6 cm³/mol. The van der Waals surface area contributed by atoms with E-state index in [2.05, 4.69) is 44.2 Å². The Balaban J connectivity index is 0.00000180. The van der Waals surface area contributed by atoms with Gasteiger partial charge in [-0.15, -0.1) is 0 Å². The molecule has 4 N–H and O–H groups in total. The van der Waals surface area contributed by atoms with Gasteiger partial charge in [0.1, 0.15) is 0 Å². The van der Waals surface area contributed by atoms with E-state index in [0.29, 0.717) is 0 Å². The van der Waals surface area contributed by atoms with Crippen LogP contribution < -0.4 is 11.5 Å². The third kappa shape index (κ3) is 3.34. The first-order valence-electron chi connectivity index (χ1n) is 6.65. The molecule has 104 valence electrons. The molecule has 19 heavy (non-hydrogen) atoms. The molecule has 2 nitrogen and oxygen atoms in total. The average molecular weight is 258 g/mol. The Morgan fingerprint density at radius 1 is 1.21 bits per heavy atom. The summed E-state index contributed by atoms with van der Waals surface area (Å²) in [6, 6.07) is 8.64. The Morgan fingerprint density at radius 2 is 1.95 bits per heavy atom. The van der Waals surface area contributed by atoms with Crippen LogP contribution in [0.15, 0.2) is 42.5 Å². The number of nitrogens with two attached hydrogens (primary N) is 2. The lowest BCUT2D eigenvalue weighted by Gasteiger charge is -2.32. The van der Waals surface area contributed by atoms with E-state index >= 15 is 0 Å². The van der Waals surface area contributed by atoms with Crippen molar-refractivity contribution in [2.75, 3.05) is 0 Å². The summed E-state index contributed by atoms with van der Waals surface area (Å²) in [5.74, 6) is 0.197. The number of hydrogen-bond acceptors (Lipinski definition) is 2. The Labute approximate surface area is 117 Å². The van der Waals surface area contributed by atoms with Crippen LogP contribution in [0, 0.1) is 5.92 Å². The highest BCUT2D eigenvalue weighted by molar-refractivity contribution is 5.76. The second-order valence-electron chi connectivity index (χ2n) is 5.02. The van der Waals surface area contributed by atoms with Crippen molar-refractivity contribution in [2.24, 2.45) is 17.4 Å². The van der Waals surface area contributed by atoms with Crippen molar-refractivity contribution in [3.05, 3.63) is 53.6 Å². The summed E-state index contributed by atoms with van der Waals surface area (Å²) in [6.45, 7) is 4.29. The van der Waals surface area contributed by atoms with Gasteiger partial charge in [-0.3, -0.25) is 0 Å². The van der Waals surface area contributed by atoms with Crippen molar-refractivity contribution in [1.82, 2.24) is 0 Å². The molecule has 1 aromatic carbocycles. The summed E-state index contributed by atoms with van der Waals surface area (Å²) in [5, 5.41) is 0. The Hall–Kier alpha value is -1.38. The van der Waals surface area contributed by atoms with Crippen molar-refractivity contribution < 1.29 is 0 Å². The molecule has 1 aliphatic rings. The van der Waals surface area contributed by atoms with Crippen LogP contribution in [0.2, 0.25) is 0 Å². The highest BCUT2D eigenvalue weighted by atomic mass is 15.0. The quantitative estimate of drug-likeness (QED) is 0.816. The first-order chi connectivity index (χ1) is 8.56. The average Bonchev–Trinajstić information content (AvgIpc) is 2.38. The van der Waals surface area contributed by atoms with Crippen LogP contribution in [0.5, 0.6) is 0 Å². The largest absolute Gasteiger partial charge is 0.310 e. The summed E-state index contributed by atoms with van der Waals surface area (Å²) in [5.41, 5.74) is 15.3. The van der Waals surface area contributed by atoms with Crippen LogP contribution in [0.4, 0.5) is 0 Å². The molecule has 1 aromatic rings. The SMILES string of the molecule is C.CCc1cccc(C2=CC(CC)C(N)(N)C=C2)c1. The van der Waals surface area contributed by atoms with Gasteiger partial charge in [-0.25, -0.2) is 0 Å². The van der Waals surface area contributed by atoms with Crippen LogP contribution in [-0.4, -0.2) is 5.66 Å². The van der Waals surface area contributed by atoms with E-state index in [1.807, 2.05) is 12.2 Å². The molecule has 0 radical (unpaired) electrons. The highest BCUT2D eigenvalue weighted by Crippen LogP contribution is 2.29. The molecule has 0 heterocycles. The maximum atomic E-state index is 6.08. The Morgan fingerprint density at radius 3 is 2.58 bits per heavy atom. The molecule has 0 fully saturated rings. The highest BCUT2D eigenvalue weighted by Gasteiger charge is 2.28. The second-order valence-corrected chi connectivity index (χ2v) is 5.02. The standard InChI is InChI=1S/C16H22N2.CH4/c1-3-12-6-5-7-13(10-12)14-8-9-16(17,18)15(4-2)11-14;/h5-11,15H,3-4,17-18H2,1-2H3;1H4. The third-order valence-corrected chi connectivity index (χ3v) is 3.68. The molecule has 0 saturated carbocycles. The van der Waals surface area contributed by atoms with Crippen molar-refractivity contribution in [1.29, 1.82) is 0 Å². The fraction of sp³-hybridized carbons (Fsp3) is 0.412. The van der Waals surface area contributed by atoms with Gasteiger partial charge in [0.2, 0.25) is 0 Å². The van der Waals surface area contributed by atoms with Gasteiger partial charge in [-0.1, -0.05) is 57.7 Å². The molecule has 1 aliphatic carbocycles. The van der Waals surface area contributed by atoms with Gasteiger partial charge < -0.3 is 11.5 Å². The monoisotopic (exact) mass is 258 g/mol. The summed E-state index contributed by atoms with van der Waals surface area (Å²) < 4.78 is 0. The second kappa shape index (κ2) is 6.18. The lowest BCUT2D eigenvalue weighted by molar-refractivity contribution is 0.395. The summed E-state index contributed by atoms with van der Waals surface area (Å²) in [6.07, 6.45) is 8.18. The maximum Gasteiger partial charge on any atom is 0.0896 e. The molecule has 0 amide bonds. The van der Waals surface area contributed by atoms with Gasteiger partial charge in [0, 0.05) is 5.92 Å². The lowest BCUT2D eigenvalue weighted by atomic mass is 9.83. The van der Waals surface area contributed by atoms with Crippen LogP contribution in [0.1, 0.15) is 38.8 Å². The van der Waals surface area contributed by atoms with E-state index < -0.39 is 5.66 Å². The zero-order chi connectivity index (χ0) is 13.2. The van der Waals surface area contributed by atoms with E-state index in [1.165, 1.54) is 16.7 Å². The molecular formula is C17H26N2. The summed E-state index contributed by atoms with van der Waals surface area (Å²) >= 11 is 0. The molecule has 0 bridgehead atoms. The minimum atomic E-state index is -0.708. The topological polar surface area (TPSA) is 52.0 Å². The van der Waals surface area contributed by atoms with E-state index in [0.717, 1.165) is 12.8 Å². The molecule has 0 aliphatic heterocycles. The van der Waals surface area contributed by atoms with Crippen molar-refractivity contribution >= 4 is 5.57 Å². The van der Waals surface area contributed by atoms with Gasteiger partial charge in [-0.05, 0) is 35.6 Å². The van der Waals surface area contributed by atoms with Crippen LogP contribution in [0.3, 0.4) is 0 Å². The molecule has 2 rings (SSSR count). The van der Waals surface area contributed by atoms with Gasteiger partial charge in [0.25, 0.3) is 0 Å². The molecule has 1 atom stereocenters. The van der Waals surface area contributed by atoms with E-state index in [-0.39, 0.29) is 13.3 Å². The van der Waals surface area contributed by atoms with Gasteiger partial charge in [0.05, 0.1) is 5.66 Å². The zero-order valence-corrected chi connectivity index (χ0v) is 11.2. The summed E-state index contributed by atoms with van der Waals surface area (Å²) in [7, 11) is 0. The predicted octanol–water partition coefficient (Wildman–Crippen LogP) is 3.48. The van der Waals surface area contributed by atoms with Crippen LogP contribution in [-0.2, 0) is 6.42 Å². The van der Waals surface area contributed by atoms with Gasteiger partial charge in [0.15, 0.2) is 0 Å². The number of aryl methyl sites for hydroxylation is 1. The van der Waals surface area contributed by atoms with E-state index in [9.17, 15) is 0 Å². The molecular weight excluding hydrogens is 232 g/mol. The zero-order valence-electron chi connectivity index (χ0n) is 11.2. The molecule has 1 unspecified atom stereocenters. The smallest absolute Gasteiger partial charge is 0.0896 e. The van der Waals surface area contributed by atoms with E-state index in [4.69, 9.17) is 11.5 Å². The first kappa shape index (κ1) is 15.7. The molecule has 0 saturated heterocycles. The molecule has 0 spiro atoms. The number of rotatable bonds is 3. The third-order valence-electron chi connectivity index (χ3n) is 3.68. The first-order valence-corrected chi connectivity index (χ1v) is 6.65. The molecule has 0 aromatic heterocycles. The summed E-state index contributed by atoms with van der Waals surface area (Å²) in [4.78, 5) is 0. The Kier molecular flexibility index (Phi) is 5.10. The van der Waals surface area contributed by atoms with Crippen molar-refractivity contribution in [3.8, 4) is 0 Å².